The van der Waals surface area contributed by atoms with Crippen LogP contribution in [0.4, 0.5) is 26.3 Å². The number of aryl methyl sites for hydroxylation is 2. The summed E-state index contributed by atoms with van der Waals surface area (Å²) in [5.74, 6) is -9.06. The fourth-order valence-corrected chi connectivity index (χ4v) is 2.50. The Morgan fingerprint density at radius 2 is 1.58 bits per heavy atom. The third kappa shape index (κ3) is 3.95. The van der Waals surface area contributed by atoms with Gasteiger partial charge in [-0.15, -0.1) is 12.4 Å². The number of primary amides is 1. The van der Waals surface area contributed by atoms with Crippen LogP contribution in [0.15, 0.2) is 24.3 Å². The Labute approximate surface area is 151 Å². The van der Waals surface area contributed by atoms with E-state index in [1.807, 2.05) is 0 Å². The highest BCUT2D eigenvalue weighted by Crippen LogP contribution is 2.38. The molecule has 2 aromatic carbocycles. The summed E-state index contributed by atoms with van der Waals surface area (Å²) in [5, 5.41) is 0. The maximum atomic E-state index is 14.2. The van der Waals surface area contributed by atoms with E-state index in [4.69, 9.17) is 5.73 Å². The van der Waals surface area contributed by atoms with E-state index in [0.29, 0.717) is 5.56 Å². The van der Waals surface area contributed by atoms with Crippen molar-refractivity contribution in [3.05, 3.63) is 69.5 Å². The summed E-state index contributed by atoms with van der Waals surface area (Å²) in [5.41, 5.74) is 3.47. The number of halogens is 7. The molecule has 2 N–H and O–H groups in total. The smallest absolute Gasteiger partial charge is 0.369 e. The van der Waals surface area contributed by atoms with Crippen molar-refractivity contribution in [2.75, 3.05) is 0 Å². The highest BCUT2D eigenvalue weighted by atomic mass is 35.5. The molecule has 1 unspecified atom stereocenters. The van der Waals surface area contributed by atoms with E-state index in [-0.39, 0.29) is 24.0 Å². The Kier molecular flexibility index (Phi) is 6.35. The third-order valence-electron chi connectivity index (χ3n) is 3.94. The van der Waals surface area contributed by atoms with Crippen LogP contribution < -0.4 is 5.73 Å². The van der Waals surface area contributed by atoms with Crippen molar-refractivity contribution in [3.8, 4) is 0 Å². The topological polar surface area (TPSA) is 43.1 Å². The van der Waals surface area contributed by atoms with Crippen LogP contribution in [0.2, 0.25) is 0 Å². The summed E-state index contributed by atoms with van der Waals surface area (Å²) in [6.45, 7) is 3.41. The van der Waals surface area contributed by atoms with Crippen molar-refractivity contribution in [2.45, 2.75) is 25.9 Å². The minimum absolute atomic E-state index is 0. The van der Waals surface area contributed by atoms with Crippen LogP contribution in [0, 0.1) is 31.3 Å². The zero-order chi connectivity index (χ0) is 19.1. The quantitative estimate of drug-likeness (QED) is 0.588. The molecule has 0 aromatic heterocycles. The number of nitrogens with two attached hydrogens (primary N) is 1. The third-order valence-corrected chi connectivity index (χ3v) is 3.94. The number of benzene rings is 2. The number of carbonyl (C=O) groups is 1. The van der Waals surface area contributed by atoms with E-state index < -0.39 is 46.6 Å². The van der Waals surface area contributed by atoms with Crippen molar-refractivity contribution in [1.82, 2.24) is 0 Å². The highest BCUT2D eigenvalue weighted by molar-refractivity contribution is 5.86. The highest BCUT2D eigenvalue weighted by Gasteiger charge is 2.39. The molecule has 0 aliphatic heterocycles. The predicted molar refractivity (Wildman–Crippen MR) is 85.5 cm³/mol. The van der Waals surface area contributed by atoms with E-state index in [0.717, 1.165) is 5.56 Å². The van der Waals surface area contributed by atoms with Crippen molar-refractivity contribution in [1.29, 1.82) is 0 Å². The Hall–Kier alpha value is -2.22. The first-order valence-corrected chi connectivity index (χ1v) is 7.06. The summed E-state index contributed by atoms with van der Waals surface area (Å²) >= 11 is 0. The van der Waals surface area contributed by atoms with Gasteiger partial charge in [0, 0.05) is 5.56 Å². The molecule has 0 spiro atoms. The number of hydrogen-bond donors (Lipinski definition) is 1. The molecule has 0 heterocycles. The van der Waals surface area contributed by atoms with Gasteiger partial charge in [-0.1, -0.05) is 18.2 Å². The van der Waals surface area contributed by atoms with Gasteiger partial charge < -0.3 is 5.73 Å². The molecule has 0 aliphatic carbocycles. The summed E-state index contributed by atoms with van der Waals surface area (Å²) < 4.78 is 80.2. The second-order valence-corrected chi connectivity index (χ2v) is 5.62. The molecule has 1 atom stereocenters. The molecule has 0 bridgehead atoms. The van der Waals surface area contributed by atoms with Gasteiger partial charge in [0.25, 0.3) is 0 Å². The summed E-state index contributed by atoms with van der Waals surface area (Å²) in [6, 6.07) is 4.15. The van der Waals surface area contributed by atoms with Crippen LogP contribution in [0.25, 0.3) is 0 Å². The van der Waals surface area contributed by atoms with Crippen molar-refractivity contribution >= 4 is 18.3 Å². The van der Waals surface area contributed by atoms with E-state index in [1.165, 1.54) is 12.1 Å². The Morgan fingerprint density at radius 1 is 1.00 bits per heavy atom. The molecule has 26 heavy (non-hydrogen) atoms. The zero-order valence-electron chi connectivity index (χ0n) is 13.5. The number of rotatable bonds is 3. The van der Waals surface area contributed by atoms with Crippen molar-refractivity contribution in [2.24, 2.45) is 5.73 Å². The summed E-state index contributed by atoms with van der Waals surface area (Å²) in [6.07, 6.45) is -5.28. The first-order valence-electron chi connectivity index (χ1n) is 7.06. The SMILES string of the molecule is Cc1ccc(C(C(N)=O)c2c(F)cc(C(F)(F)F)c(F)c2F)cc1C.Cl. The average molecular weight is 398 g/mol. The molecular formula is C17H14ClF6NO. The summed E-state index contributed by atoms with van der Waals surface area (Å²) in [4.78, 5) is 11.7. The Balaban J connectivity index is 0.00000338. The first kappa shape index (κ1) is 21.8. The molecule has 0 saturated heterocycles. The molecular weight excluding hydrogens is 384 g/mol. The molecule has 0 fully saturated rings. The number of amides is 1. The molecule has 1 amide bonds. The maximum Gasteiger partial charge on any atom is 0.419 e. The molecule has 0 aliphatic rings. The lowest BCUT2D eigenvalue weighted by molar-refractivity contribution is -0.140. The maximum absolute atomic E-state index is 14.2. The first-order chi connectivity index (χ1) is 11.4. The lowest BCUT2D eigenvalue weighted by atomic mass is 9.87. The molecule has 142 valence electrons. The van der Waals surface area contributed by atoms with Crippen LogP contribution in [0.5, 0.6) is 0 Å². The van der Waals surface area contributed by atoms with Crippen molar-refractivity contribution in [3.63, 3.8) is 0 Å². The number of hydrogen-bond acceptors (Lipinski definition) is 1. The van der Waals surface area contributed by atoms with Crippen LogP contribution >= 0.6 is 12.4 Å². The van der Waals surface area contributed by atoms with Gasteiger partial charge in [-0.2, -0.15) is 13.2 Å². The molecule has 0 saturated carbocycles. The van der Waals surface area contributed by atoms with E-state index >= 15 is 0 Å². The van der Waals surface area contributed by atoms with Crippen LogP contribution in [-0.2, 0) is 11.0 Å². The lowest BCUT2D eigenvalue weighted by Gasteiger charge is -2.19. The van der Waals surface area contributed by atoms with Gasteiger partial charge in [0.15, 0.2) is 11.6 Å². The lowest BCUT2D eigenvalue weighted by Crippen LogP contribution is -2.26. The van der Waals surface area contributed by atoms with Gasteiger partial charge in [0.05, 0.1) is 11.5 Å². The fourth-order valence-electron chi connectivity index (χ4n) is 2.50. The van der Waals surface area contributed by atoms with Crippen molar-refractivity contribution < 1.29 is 31.1 Å². The molecule has 2 aromatic rings. The van der Waals surface area contributed by atoms with E-state index in [9.17, 15) is 31.1 Å². The van der Waals surface area contributed by atoms with E-state index in [2.05, 4.69) is 0 Å². The normalized spacial score (nSPS) is 12.5. The largest absolute Gasteiger partial charge is 0.419 e. The monoisotopic (exact) mass is 397 g/mol. The van der Waals surface area contributed by atoms with Gasteiger partial charge in [0.1, 0.15) is 5.82 Å². The predicted octanol–water partition coefficient (Wildman–Crippen LogP) is 4.78. The number of alkyl halides is 3. The van der Waals surface area contributed by atoms with E-state index in [1.54, 1.807) is 19.9 Å². The minimum Gasteiger partial charge on any atom is -0.369 e. The second-order valence-electron chi connectivity index (χ2n) is 5.62. The standard InChI is InChI=1S/C17H13F6NO.ClH/c1-7-3-4-9(5-8(7)2)12(16(24)25)13-11(18)6-10(17(21,22)23)14(19)15(13)20;/h3-6,12H,1-2H3,(H2,24,25);1H. The second kappa shape index (κ2) is 7.57. The van der Waals surface area contributed by atoms with Crippen LogP contribution in [0.3, 0.4) is 0 Å². The molecule has 2 rings (SSSR count). The van der Waals surface area contributed by atoms with Gasteiger partial charge in [-0.3, -0.25) is 4.79 Å². The Morgan fingerprint density at radius 3 is 2.04 bits per heavy atom. The van der Waals surface area contributed by atoms with Gasteiger partial charge in [-0.05, 0) is 36.6 Å². The average Bonchev–Trinajstić information content (AvgIpc) is 2.48. The van der Waals surface area contributed by atoms with Gasteiger partial charge in [-0.25, -0.2) is 13.2 Å². The number of carbonyl (C=O) groups excluding carboxylic acids is 1. The molecule has 2 nitrogen and oxygen atoms in total. The zero-order valence-corrected chi connectivity index (χ0v) is 14.4. The van der Waals surface area contributed by atoms with Gasteiger partial charge >= 0.3 is 6.18 Å². The summed E-state index contributed by atoms with van der Waals surface area (Å²) in [7, 11) is 0. The molecule has 0 radical (unpaired) electrons. The fraction of sp³-hybridized carbons (Fsp3) is 0.235. The van der Waals surface area contributed by atoms with Gasteiger partial charge in [0.2, 0.25) is 5.91 Å². The minimum atomic E-state index is -5.28. The van der Waals surface area contributed by atoms with Crippen LogP contribution in [-0.4, -0.2) is 5.91 Å². The Bertz CT molecular complexity index is 850. The molecule has 9 heteroatoms. The van der Waals surface area contributed by atoms with Crippen LogP contribution in [0.1, 0.15) is 33.7 Å².